The molecule has 0 aliphatic rings. The molecule has 100 valence electrons. The van der Waals surface area contributed by atoms with Gasteiger partial charge in [-0.2, -0.15) is 5.10 Å². The molecule has 0 fully saturated rings. The number of aliphatic hydroxyl groups is 1. The average molecular weight is 255 g/mol. The summed E-state index contributed by atoms with van der Waals surface area (Å²) in [6, 6.07) is 1.66. The van der Waals surface area contributed by atoms with Crippen molar-refractivity contribution in [2.24, 2.45) is 0 Å². The lowest BCUT2D eigenvalue weighted by Gasteiger charge is -2.05. The fourth-order valence-electron chi connectivity index (χ4n) is 1.41. The summed E-state index contributed by atoms with van der Waals surface area (Å²) in [7, 11) is 0. The first kappa shape index (κ1) is 14.2. The number of carboxylic acids is 1. The van der Waals surface area contributed by atoms with Gasteiger partial charge in [0.15, 0.2) is 6.10 Å². The third kappa shape index (κ3) is 4.17. The molecule has 0 aliphatic carbocycles. The zero-order valence-electron chi connectivity index (χ0n) is 10.1. The number of carbonyl (C=O) groups excluding carboxylic acids is 1. The van der Waals surface area contributed by atoms with Crippen LogP contribution in [0.15, 0.2) is 6.07 Å². The maximum Gasteiger partial charge on any atom is 0.332 e. The second-order valence-corrected chi connectivity index (χ2v) is 3.93. The Labute approximate surface area is 104 Å². The number of aliphatic hydroxyl groups excluding tert-OH is 1. The van der Waals surface area contributed by atoms with Crippen molar-refractivity contribution in [3.63, 3.8) is 0 Å². The van der Waals surface area contributed by atoms with Gasteiger partial charge in [-0.3, -0.25) is 9.89 Å². The van der Waals surface area contributed by atoms with E-state index < -0.39 is 12.1 Å². The van der Waals surface area contributed by atoms with Gasteiger partial charge in [0.2, 0.25) is 0 Å². The Bertz CT molecular complexity index is 416. The highest BCUT2D eigenvalue weighted by molar-refractivity contribution is 5.92. The number of aliphatic carboxylic acids is 1. The molecule has 0 radical (unpaired) electrons. The number of nitrogens with zero attached hydrogens (tertiary/aromatic N) is 1. The number of aromatic nitrogens is 2. The van der Waals surface area contributed by atoms with E-state index in [-0.39, 0.29) is 24.6 Å². The van der Waals surface area contributed by atoms with Crippen molar-refractivity contribution in [2.45, 2.75) is 32.3 Å². The molecule has 0 saturated carbocycles. The predicted molar refractivity (Wildman–Crippen MR) is 63.2 cm³/mol. The quantitative estimate of drug-likeness (QED) is 0.544. The van der Waals surface area contributed by atoms with Crippen LogP contribution >= 0.6 is 0 Å². The van der Waals surface area contributed by atoms with Crippen LogP contribution in [0.25, 0.3) is 0 Å². The molecule has 0 bridgehead atoms. The highest BCUT2D eigenvalue weighted by Gasteiger charge is 2.14. The highest BCUT2D eigenvalue weighted by Crippen LogP contribution is 2.02. The summed E-state index contributed by atoms with van der Waals surface area (Å²) >= 11 is 0. The SMILES string of the molecule is CCCc1cc(C(=O)NCC[C@H](O)C(=O)O)n[nH]1. The van der Waals surface area contributed by atoms with E-state index in [4.69, 9.17) is 10.2 Å². The summed E-state index contributed by atoms with van der Waals surface area (Å²) < 4.78 is 0. The van der Waals surface area contributed by atoms with Gasteiger partial charge >= 0.3 is 5.97 Å². The zero-order chi connectivity index (χ0) is 13.5. The van der Waals surface area contributed by atoms with Crippen molar-refractivity contribution in [1.29, 1.82) is 0 Å². The molecule has 7 nitrogen and oxygen atoms in total. The number of carboxylic acid groups (broad SMARTS) is 1. The van der Waals surface area contributed by atoms with Crippen LogP contribution in [0.4, 0.5) is 0 Å². The predicted octanol–water partition coefficient (Wildman–Crippen LogP) is -0.0724. The summed E-state index contributed by atoms with van der Waals surface area (Å²) in [5, 5.41) is 26.6. The number of amides is 1. The smallest absolute Gasteiger partial charge is 0.332 e. The maximum absolute atomic E-state index is 11.6. The van der Waals surface area contributed by atoms with E-state index in [9.17, 15) is 9.59 Å². The van der Waals surface area contributed by atoms with E-state index in [1.54, 1.807) is 6.07 Å². The van der Waals surface area contributed by atoms with Gasteiger partial charge in [0, 0.05) is 18.7 Å². The molecule has 0 aliphatic heterocycles. The van der Waals surface area contributed by atoms with Crippen molar-refractivity contribution in [3.8, 4) is 0 Å². The van der Waals surface area contributed by atoms with Crippen LogP contribution in [0, 0.1) is 0 Å². The van der Waals surface area contributed by atoms with Crippen LogP contribution in [0.5, 0.6) is 0 Å². The number of H-pyrrole nitrogens is 1. The molecule has 18 heavy (non-hydrogen) atoms. The van der Waals surface area contributed by atoms with E-state index >= 15 is 0 Å². The molecule has 1 amide bonds. The number of aromatic amines is 1. The molecule has 0 saturated heterocycles. The van der Waals surface area contributed by atoms with Gasteiger partial charge in [0.25, 0.3) is 5.91 Å². The largest absolute Gasteiger partial charge is 0.479 e. The van der Waals surface area contributed by atoms with E-state index in [1.807, 2.05) is 6.92 Å². The summed E-state index contributed by atoms with van der Waals surface area (Å²) in [5.41, 5.74) is 1.15. The number of nitrogens with one attached hydrogen (secondary N) is 2. The molecule has 1 heterocycles. The van der Waals surface area contributed by atoms with Crippen LogP contribution < -0.4 is 5.32 Å². The van der Waals surface area contributed by atoms with Crippen molar-refractivity contribution in [2.75, 3.05) is 6.54 Å². The second kappa shape index (κ2) is 6.75. The normalized spacial score (nSPS) is 12.1. The fourth-order valence-corrected chi connectivity index (χ4v) is 1.41. The van der Waals surface area contributed by atoms with Crippen molar-refractivity contribution in [3.05, 3.63) is 17.5 Å². The van der Waals surface area contributed by atoms with E-state index in [0.29, 0.717) is 0 Å². The topological polar surface area (TPSA) is 115 Å². The van der Waals surface area contributed by atoms with E-state index in [1.165, 1.54) is 0 Å². The Hall–Kier alpha value is -1.89. The van der Waals surface area contributed by atoms with Crippen LogP contribution in [0.3, 0.4) is 0 Å². The molecule has 0 aromatic carbocycles. The average Bonchev–Trinajstić information content (AvgIpc) is 2.77. The number of hydrogen-bond acceptors (Lipinski definition) is 4. The van der Waals surface area contributed by atoms with Gasteiger partial charge in [-0.05, 0) is 12.5 Å². The van der Waals surface area contributed by atoms with Gasteiger partial charge in [-0.15, -0.1) is 0 Å². The first-order valence-corrected chi connectivity index (χ1v) is 5.78. The van der Waals surface area contributed by atoms with Gasteiger partial charge in [0.05, 0.1) is 0 Å². The lowest BCUT2D eigenvalue weighted by Crippen LogP contribution is -2.30. The maximum atomic E-state index is 11.6. The first-order valence-electron chi connectivity index (χ1n) is 5.78. The van der Waals surface area contributed by atoms with Crippen molar-refractivity contribution in [1.82, 2.24) is 15.5 Å². The standard InChI is InChI=1S/C11H17N3O4/c1-2-3-7-6-8(14-13-7)10(16)12-5-4-9(15)11(17)18/h6,9,15H,2-5H2,1H3,(H,12,16)(H,13,14)(H,17,18)/t9-/m0/s1. The van der Waals surface area contributed by atoms with Crippen LogP contribution in [-0.2, 0) is 11.2 Å². The van der Waals surface area contributed by atoms with Crippen LogP contribution in [-0.4, -0.2) is 44.9 Å². The van der Waals surface area contributed by atoms with Gasteiger partial charge in [-0.1, -0.05) is 13.3 Å². The van der Waals surface area contributed by atoms with Crippen molar-refractivity contribution < 1.29 is 19.8 Å². The zero-order valence-corrected chi connectivity index (χ0v) is 10.1. The van der Waals surface area contributed by atoms with E-state index in [0.717, 1.165) is 18.5 Å². The molecule has 1 aromatic heterocycles. The van der Waals surface area contributed by atoms with Crippen LogP contribution in [0.2, 0.25) is 0 Å². The first-order chi connectivity index (χ1) is 8.54. The molecule has 1 rings (SSSR count). The third-order valence-electron chi connectivity index (χ3n) is 2.37. The van der Waals surface area contributed by atoms with Gasteiger partial charge < -0.3 is 15.5 Å². The minimum atomic E-state index is -1.46. The minimum absolute atomic E-state index is 0.0344. The number of hydrogen-bond donors (Lipinski definition) is 4. The number of carbonyl (C=O) groups is 2. The Kier molecular flexibility index (Phi) is 5.31. The molecule has 1 atom stereocenters. The number of aryl methyl sites for hydroxylation is 1. The fraction of sp³-hybridized carbons (Fsp3) is 0.545. The lowest BCUT2D eigenvalue weighted by atomic mass is 10.2. The minimum Gasteiger partial charge on any atom is -0.479 e. The Morgan fingerprint density at radius 1 is 1.56 bits per heavy atom. The van der Waals surface area contributed by atoms with Crippen LogP contribution in [0.1, 0.15) is 35.9 Å². The Balaban J connectivity index is 2.38. The third-order valence-corrected chi connectivity index (χ3v) is 2.37. The Morgan fingerprint density at radius 2 is 2.28 bits per heavy atom. The molecular weight excluding hydrogens is 238 g/mol. The second-order valence-electron chi connectivity index (χ2n) is 3.93. The van der Waals surface area contributed by atoms with Gasteiger partial charge in [-0.25, -0.2) is 4.79 Å². The van der Waals surface area contributed by atoms with Gasteiger partial charge in [0.1, 0.15) is 5.69 Å². The molecule has 7 heteroatoms. The van der Waals surface area contributed by atoms with Crippen molar-refractivity contribution >= 4 is 11.9 Å². The molecule has 0 spiro atoms. The summed E-state index contributed by atoms with van der Waals surface area (Å²) in [6.07, 6.45) is 0.277. The number of rotatable bonds is 7. The summed E-state index contributed by atoms with van der Waals surface area (Å²) in [4.78, 5) is 21.9. The van der Waals surface area contributed by atoms with E-state index in [2.05, 4.69) is 15.5 Å². The molecule has 1 aromatic rings. The highest BCUT2D eigenvalue weighted by atomic mass is 16.4. The molecule has 0 unspecified atom stereocenters. The lowest BCUT2D eigenvalue weighted by molar-refractivity contribution is -0.146. The summed E-state index contributed by atoms with van der Waals surface area (Å²) in [5.74, 6) is -1.68. The molecular formula is C11H17N3O4. The molecule has 4 N–H and O–H groups in total. The summed E-state index contributed by atoms with van der Waals surface area (Å²) in [6.45, 7) is 2.11. The Morgan fingerprint density at radius 3 is 2.89 bits per heavy atom. The monoisotopic (exact) mass is 255 g/mol.